The molecule has 0 amide bonds. The predicted octanol–water partition coefficient (Wildman–Crippen LogP) is 1.29. The van der Waals surface area contributed by atoms with E-state index < -0.39 is 5.97 Å². The summed E-state index contributed by atoms with van der Waals surface area (Å²) in [6.07, 6.45) is 5.16. The summed E-state index contributed by atoms with van der Waals surface area (Å²) >= 11 is 0. The van der Waals surface area contributed by atoms with Gasteiger partial charge in [-0.25, -0.2) is 4.79 Å². The second-order valence-corrected chi connectivity index (χ2v) is 4.51. The molecule has 0 aliphatic rings. The van der Waals surface area contributed by atoms with Crippen molar-refractivity contribution in [3.8, 4) is 0 Å². The Balaban J connectivity index is 0. The van der Waals surface area contributed by atoms with Gasteiger partial charge in [0.1, 0.15) is 6.61 Å². The van der Waals surface area contributed by atoms with Gasteiger partial charge >= 0.3 is 5.97 Å². The van der Waals surface area contributed by atoms with E-state index in [9.17, 15) is 4.79 Å². The van der Waals surface area contributed by atoms with E-state index in [-0.39, 0.29) is 13.2 Å². The Labute approximate surface area is 134 Å². The third-order valence-electron chi connectivity index (χ3n) is 2.46. The maximum absolute atomic E-state index is 10.0. The van der Waals surface area contributed by atoms with Crippen LogP contribution < -0.4 is 5.73 Å². The second-order valence-electron chi connectivity index (χ2n) is 4.51. The van der Waals surface area contributed by atoms with Gasteiger partial charge in [0.15, 0.2) is 0 Å². The van der Waals surface area contributed by atoms with Gasteiger partial charge in [-0.2, -0.15) is 0 Å². The van der Waals surface area contributed by atoms with E-state index in [0.717, 1.165) is 6.54 Å². The van der Waals surface area contributed by atoms with Gasteiger partial charge in [-0.1, -0.05) is 26.2 Å². The SMILES string of the molecule is CCCCCCN.COCCOCCOCCOCC(=O)O. The van der Waals surface area contributed by atoms with E-state index in [1.165, 1.54) is 25.7 Å². The average Bonchev–Trinajstić information content (AvgIpc) is 2.50. The predicted molar refractivity (Wildman–Crippen MR) is 85.2 cm³/mol. The molecule has 134 valence electrons. The summed E-state index contributed by atoms with van der Waals surface area (Å²) in [7, 11) is 1.61. The Morgan fingerprint density at radius 3 is 1.91 bits per heavy atom. The molecule has 0 spiro atoms. The summed E-state index contributed by atoms with van der Waals surface area (Å²) in [6, 6.07) is 0. The van der Waals surface area contributed by atoms with Crippen LogP contribution >= 0.6 is 0 Å². The highest BCUT2D eigenvalue weighted by atomic mass is 16.6. The Kier molecular flexibility index (Phi) is 24.1. The van der Waals surface area contributed by atoms with Crippen molar-refractivity contribution < 1.29 is 28.8 Å². The number of hydrogen-bond donors (Lipinski definition) is 2. The van der Waals surface area contributed by atoms with Gasteiger partial charge in [-0.3, -0.25) is 0 Å². The molecule has 0 aliphatic heterocycles. The summed E-state index contributed by atoms with van der Waals surface area (Å²) in [4.78, 5) is 10.0. The Morgan fingerprint density at radius 1 is 0.909 bits per heavy atom. The molecule has 0 bridgehead atoms. The lowest BCUT2D eigenvalue weighted by Gasteiger charge is -2.05. The van der Waals surface area contributed by atoms with Crippen LogP contribution in [0.4, 0.5) is 0 Å². The fourth-order valence-corrected chi connectivity index (χ4v) is 1.31. The molecule has 7 nitrogen and oxygen atoms in total. The van der Waals surface area contributed by atoms with Crippen LogP contribution in [0.25, 0.3) is 0 Å². The maximum Gasteiger partial charge on any atom is 0.329 e. The van der Waals surface area contributed by atoms with Crippen molar-refractivity contribution in [2.24, 2.45) is 5.73 Å². The Bertz CT molecular complexity index is 212. The molecule has 0 fully saturated rings. The van der Waals surface area contributed by atoms with Crippen LogP contribution in [0.2, 0.25) is 0 Å². The van der Waals surface area contributed by atoms with Crippen LogP contribution in [0.3, 0.4) is 0 Å². The lowest BCUT2D eigenvalue weighted by atomic mass is 10.2. The monoisotopic (exact) mass is 323 g/mol. The van der Waals surface area contributed by atoms with E-state index in [0.29, 0.717) is 33.0 Å². The molecule has 0 rings (SSSR count). The minimum absolute atomic E-state index is 0.282. The third-order valence-corrected chi connectivity index (χ3v) is 2.46. The molecule has 0 aliphatic carbocycles. The lowest BCUT2D eigenvalue weighted by molar-refractivity contribution is -0.142. The number of rotatable bonds is 15. The van der Waals surface area contributed by atoms with Crippen LogP contribution in [0.5, 0.6) is 0 Å². The molecule has 7 heteroatoms. The van der Waals surface area contributed by atoms with Crippen LogP contribution in [0.1, 0.15) is 32.6 Å². The van der Waals surface area contributed by atoms with Crippen molar-refractivity contribution in [1.82, 2.24) is 0 Å². The molecule has 0 atom stereocenters. The number of unbranched alkanes of at least 4 members (excludes halogenated alkanes) is 3. The molecule has 0 aromatic carbocycles. The first kappa shape index (κ1) is 23.5. The first-order valence-electron chi connectivity index (χ1n) is 7.83. The number of methoxy groups -OCH3 is 1. The smallest absolute Gasteiger partial charge is 0.329 e. The number of hydrogen-bond acceptors (Lipinski definition) is 6. The number of nitrogens with two attached hydrogens (primary N) is 1. The Morgan fingerprint density at radius 2 is 1.45 bits per heavy atom. The zero-order valence-corrected chi connectivity index (χ0v) is 14.1. The van der Waals surface area contributed by atoms with E-state index >= 15 is 0 Å². The highest BCUT2D eigenvalue weighted by Crippen LogP contribution is 1.95. The quantitative estimate of drug-likeness (QED) is 0.438. The summed E-state index contributed by atoms with van der Waals surface area (Å²) < 4.78 is 19.8. The summed E-state index contributed by atoms with van der Waals surface area (Å²) in [6.45, 7) is 5.54. The average molecular weight is 323 g/mol. The van der Waals surface area contributed by atoms with Gasteiger partial charge in [0.25, 0.3) is 0 Å². The van der Waals surface area contributed by atoms with Gasteiger partial charge in [0, 0.05) is 7.11 Å². The van der Waals surface area contributed by atoms with Crippen LogP contribution in [-0.2, 0) is 23.7 Å². The van der Waals surface area contributed by atoms with Crippen molar-refractivity contribution in [3.63, 3.8) is 0 Å². The minimum atomic E-state index is -0.974. The van der Waals surface area contributed by atoms with E-state index in [1.807, 2.05) is 0 Å². The number of carboxylic acids is 1. The standard InChI is InChI=1S/C9H18O6.C6H15N/c1-12-2-3-13-4-5-14-6-7-15-8-9(10)11;1-2-3-4-5-6-7/h2-8H2,1H3,(H,10,11);2-7H2,1H3. The van der Waals surface area contributed by atoms with Gasteiger partial charge in [-0.15, -0.1) is 0 Å². The van der Waals surface area contributed by atoms with Crippen LogP contribution in [0.15, 0.2) is 0 Å². The van der Waals surface area contributed by atoms with Gasteiger partial charge in [0.05, 0.1) is 39.6 Å². The summed E-state index contributed by atoms with van der Waals surface area (Å²) in [5.74, 6) is -0.974. The van der Waals surface area contributed by atoms with Crippen molar-refractivity contribution in [2.45, 2.75) is 32.6 Å². The van der Waals surface area contributed by atoms with E-state index in [2.05, 4.69) is 6.92 Å². The molecule has 0 saturated heterocycles. The van der Waals surface area contributed by atoms with E-state index in [4.69, 9.17) is 29.8 Å². The third kappa shape index (κ3) is 27.6. The zero-order chi connectivity index (χ0) is 16.9. The fourth-order valence-electron chi connectivity index (χ4n) is 1.31. The maximum atomic E-state index is 10.0. The molecule has 0 aromatic rings. The molecular formula is C15H33NO6. The molecule has 0 aromatic heterocycles. The zero-order valence-electron chi connectivity index (χ0n) is 14.1. The van der Waals surface area contributed by atoms with Gasteiger partial charge in [0.2, 0.25) is 0 Å². The van der Waals surface area contributed by atoms with Crippen molar-refractivity contribution in [3.05, 3.63) is 0 Å². The largest absolute Gasteiger partial charge is 0.480 e. The molecule has 0 heterocycles. The van der Waals surface area contributed by atoms with Crippen LogP contribution in [-0.4, -0.2) is 71.0 Å². The highest BCUT2D eigenvalue weighted by Gasteiger charge is 1.95. The van der Waals surface area contributed by atoms with Crippen molar-refractivity contribution >= 4 is 5.97 Å². The first-order chi connectivity index (χ1) is 10.7. The summed E-state index contributed by atoms with van der Waals surface area (Å²) in [5.41, 5.74) is 5.27. The number of carboxylic acid groups (broad SMARTS) is 1. The first-order valence-corrected chi connectivity index (χ1v) is 7.83. The minimum Gasteiger partial charge on any atom is -0.480 e. The highest BCUT2D eigenvalue weighted by molar-refractivity contribution is 5.67. The number of aliphatic carboxylic acids is 1. The molecule has 22 heavy (non-hydrogen) atoms. The van der Waals surface area contributed by atoms with Gasteiger partial charge < -0.3 is 29.8 Å². The molecular weight excluding hydrogens is 290 g/mol. The molecule has 0 unspecified atom stereocenters. The fraction of sp³-hybridized carbons (Fsp3) is 0.933. The summed E-state index contributed by atoms with van der Waals surface area (Å²) in [5, 5.41) is 8.24. The second kappa shape index (κ2) is 22.5. The number of ether oxygens (including phenoxy) is 4. The molecule has 0 radical (unpaired) electrons. The van der Waals surface area contributed by atoms with E-state index in [1.54, 1.807) is 7.11 Å². The topological polar surface area (TPSA) is 100 Å². The molecule has 0 saturated carbocycles. The van der Waals surface area contributed by atoms with Crippen molar-refractivity contribution in [1.29, 1.82) is 0 Å². The van der Waals surface area contributed by atoms with Crippen LogP contribution in [0, 0.1) is 0 Å². The molecule has 3 N–H and O–H groups in total. The lowest BCUT2D eigenvalue weighted by Crippen LogP contribution is -2.13. The van der Waals surface area contributed by atoms with Gasteiger partial charge in [-0.05, 0) is 13.0 Å². The Hall–Kier alpha value is -0.730. The number of carbonyl (C=O) groups is 1. The van der Waals surface area contributed by atoms with Crippen molar-refractivity contribution in [2.75, 3.05) is 59.9 Å². The normalized spacial score (nSPS) is 10.1.